The number of aliphatic hydroxyl groups excluding tert-OH is 1. The Bertz CT molecular complexity index is 326. The summed E-state index contributed by atoms with van der Waals surface area (Å²) in [7, 11) is 0. The molecule has 1 aromatic carbocycles. The number of hydrogen-bond donors (Lipinski definition) is 3. The zero-order valence-corrected chi connectivity index (χ0v) is 8.57. The monoisotopic (exact) mass is 208 g/mol. The number of aliphatic hydroxyl groups is 1. The molecular formula is C11H16N2O2. The number of nitrogens with two attached hydrogens (primary N) is 1. The van der Waals surface area contributed by atoms with Gasteiger partial charge in [0.15, 0.2) is 0 Å². The first kappa shape index (κ1) is 11.5. The number of hydrogen-bond acceptors (Lipinski definition) is 3. The van der Waals surface area contributed by atoms with Crippen molar-refractivity contribution in [3.63, 3.8) is 0 Å². The fraction of sp³-hybridized carbons (Fsp3) is 0.364. The fourth-order valence-electron chi connectivity index (χ4n) is 1.26. The van der Waals surface area contributed by atoms with E-state index < -0.39 is 0 Å². The van der Waals surface area contributed by atoms with Crippen LogP contribution in [-0.2, 0) is 11.2 Å². The van der Waals surface area contributed by atoms with Gasteiger partial charge < -0.3 is 16.2 Å². The van der Waals surface area contributed by atoms with Crippen molar-refractivity contribution in [1.82, 2.24) is 5.32 Å². The topological polar surface area (TPSA) is 75.4 Å². The SMILES string of the molecule is Nc1cccc(CC(=O)NCCCO)c1. The molecule has 0 bridgehead atoms. The third-order valence-electron chi connectivity index (χ3n) is 1.97. The summed E-state index contributed by atoms with van der Waals surface area (Å²) < 4.78 is 0. The van der Waals surface area contributed by atoms with Crippen molar-refractivity contribution in [2.75, 3.05) is 18.9 Å². The van der Waals surface area contributed by atoms with E-state index in [4.69, 9.17) is 10.8 Å². The highest BCUT2D eigenvalue weighted by Crippen LogP contribution is 2.06. The lowest BCUT2D eigenvalue weighted by Crippen LogP contribution is -2.26. The first-order valence-corrected chi connectivity index (χ1v) is 4.94. The third-order valence-corrected chi connectivity index (χ3v) is 1.97. The molecule has 0 unspecified atom stereocenters. The number of nitrogens with one attached hydrogen (secondary N) is 1. The summed E-state index contributed by atoms with van der Waals surface area (Å²) in [6, 6.07) is 7.26. The molecule has 82 valence electrons. The van der Waals surface area contributed by atoms with Crippen molar-refractivity contribution < 1.29 is 9.90 Å². The van der Waals surface area contributed by atoms with Gasteiger partial charge in [-0.05, 0) is 24.1 Å². The van der Waals surface area contributed by atoms with E-state index in [1.165, 1.54) is 0 Å². The van der Waals surface area contributed by atoms with E-state index in [-0.39, 0.29) is 12.5 Å². The Hall–Kier alpha value is -1.55. The average Bonchev–Trinajstić information content (AvgIpc) is 2.18. The van der Waals surface area contributed by atoms with Gasteiger partial charge in [-0.25, -0.2) is 0 Å². The molecule has 1 amide bonds. The Kier molecular flexibility index (Phi) is 4.63. The summed E-state index contributed by atoms with van der Waals surface area (Å²) in [5.41, 5.74) is 7.15. The predicted octanol–water partition coefficient (Wildman–Crippen LogP) is 0.310. The normalized spacial score (nSPS) is 9.93. The Morgan fingerprint density at radius 1 is 1.47 bits per heavy atom. The molecule has 4 N–H and O–H groups in total. The highest BCUT2D eigenvalue weighted by molar-refractivity contribution is 5.78. The Balaban J connectivity index is 2.37. The van der Waals surface area contributed by atoms with E-state index in [1.807, 2.05) is 12.1 Å². The van der Waals surface area contributed by atoms with Gasteiger partial charge in [0.1, 0.15) is 0 Å². The van der Waals surface area contributed by atoms with E-state index >= 15 is 0 Å². The van der Waals surface area contributed by atoms with Crippen LogP contribution < -0.4 is 11.1 Å². The molecule has 0 aromatic heterocycles. The maximum absolute atomic E-state index is 11.4. The van der Waals surface area contributed by atoms with Crippen LogP contribution >= 0.6 is 0 Å². The first-order valence-electron chi connectivity index (χ1n) is 4.94. The maximum Gasteiger partial charge on any atom is 0.224 e. The summed E-state index contributed by atoms with van der Waals surface area (Å²) in [5, 5.41) is 11.2. The molecule has 0 radical (unpaired) electrons. The predicted molar refractivity (Wildman–Crippen MR) is 59.3 cm³/mol. The van der Waals surface area contributed by atoms with Crippen molar-refractivity contribution in [3.8, 4) is 0 Å². The summed E-state index contributed by atoms with van der Waals surface area (Å²) >= 11 is 0. The van der Waals surface area contributed by atoms with E-state index in [0.717, 1.165) is 5.56 Å². The molecule has 1 aromatic rings. The molecule has 0 spiro atoms. The van der Waals surface area contributed by atoms with Gasteiger partial charge in [0.2, 0.25) is 5.91 Å². The molecule has 0 saturated carbocycles. The molecular weight excluding hydrogens is 192 g/mol. The van der Waals surface area contributed by atoms with Gasteiger partial charge in [0.05, 0.1) is 6.42 Å². The van der Waals surface area contributed by atoms with Crippen LogP contribution in [0.15, 0.2) is 24.3 Å². The van der Waals surface area contributed by atoms with Gasteiger partial charge in [-0.15, -0.1) is 0 Å². The van der Waals surface area contributed by atoms with Crippen LogP contribution in [0.2, 0.25) is 0 Å². The third kappa shape index (κ3) is 4.46. The van der Waals surface area contributed by atoms with E-state index in [1.54, 1.807) is 12.1 Å². The zero-order valence-electron chi connectivity index (χ0n) is 8.57. The molecule has 4 heteroatoms. The lowest BCUT2D eigenvalue weighted by atomic mass is 10.1. The van der Waals surface area contributed by atoms with Gasteiger partial charge in [-0.1, -0.05) is 12.1 Å². The minimum Gasteiger partial charge on any atom is -0.399 e. The summed E-state index contributed by atoms with van der Waals surface area (Å²) in [5.74, 6) is -0.0472. The van der Waals surface area contributed by atoms with Crippen molar-refractivity contribution >= 4 is 11.6 Å². The van der Waals surface area contributed by atoms with Crippen molar-refractivity contribution in [3.05, 3.63) is 29.8 Å². The number of amides is 1. The minimum absolute atomic E-state index is 0.0472. The van der Waals surface area contributed by atoms with E-state index in [9.17, 15) is 4.79 Å². The molecule has 4 nitrogen and oxygen atoms in total. The Morgan fingerprint density at radius 2 is 2.27 bits per heavy atom. The van der Waals surface area contributed by atoms with Crippen LogP contribution in [0.1, 0.15) is 12.0 Å². The second-order valence-electron chi connectivity index (χ2n) is 3.35. The second-order valence-corrected chi connectivity index (χ2v) is 3.35. The molecule has 1 rings (SSSR count). The standard InChI is InChI=1S/C11H16N2O2/c12-10-4-1-3-9(7-10)8-11(15)13-5-2-6-14/h1,3-4,7,14H,2,5-6,8,12H2,(H,13,15). The summed E-state index contributed by atoms with van der Waals surface area (Å²) in [6.07, 6.45) is 0.916. The Morgan fingerprint density at radius 3 is 2.93 bits per heavy atom. The van der Waals surface area contributed by atoms with E-state index in [2.05, 4.69) is 5.32 Å². The Labute approximate surface area is 89.1 Å². The highest BCUT2D eigenvalue weighted by Gasteiger charge is 2.02. The number of rotatable bonds is 5. The maximum atomic E-state index is 11.4. The van der Waals surface area contributed by atoms with Gasteiger partial charge in [0.25, 0.3) is 0 Å². The fourth-order valence-corrected chi connectivity index (χ4v) is 1.26. The van der Waals surface area contributed by atoms with Gasteiger partial charge in [-0.3, -0.25) is 4.79 Å². The lowest BCUT2D eigenvalue weighted by molar-refractivity contribution is -0.120. The summed E-state index contributed by atoms with van der Waals surface area (Å²) in [4.78, 5) is 11.4. The summed E-state index contributed by atoms with van der Waals surface area (Å²) in [6.45, 7) is 0.607. The average molecular weight is 208 g/mol. The molecule has 0 heterocycles. The van der Waals surface area contributed by atoms with Crippen LogP contribution in [-0.4, -0.2) is 24.2 Å². The first-order chi connectivity index (χ1) is 7.22. The van der Waals surface area contributed by atoms with Crippen molar-refractivity contribution in [2.45, 2.75) is 12.8 Å². The quantitative estimate of drug-likeness (QED) is 0.481. The molecule has 0 fully saturated rings. The van der Waals surface area contributed by atoms with Crippen LogP contribution in [0, 0.1) is 0 Å². The molecule has 0 aliphatic carbocycles. The molecule has 0 aliphatic heterocycles. The number of benzene rings is 1. The number of carbonyl (C=O) groups is 1. The number of nitrogen functional groups attached to an aromatic ring is 1. The lowest BCUT2D eigenvalue weighted by Gasteiger charge is -2.04. The molecule has 0 saturated heterocycles. The second kappa shape index (κ2) is 6.03. The number of carbonyl (C=O) groups excluding carboxylic acids is 1. The van der Waals surface area contributed by atoms with E-state index in [0.29, 0.717) is 25.1 Å². The molecule has 0 atom stereocenters. The minimum atomic E-state index is -0.0472. The number of anilines is 1. The largest absolute Gasteiger partial charge is 0.399 e. The molecule has 0 aliphatic rings. The van der Waals surface area contributed by atoms with Gasteiger partial charge in [-0.2, -0.15) is 0 Å². The smallest absolute Gasteiger partial charge is 0.224 e. The van der Waals surface area contributed by atoms with Crippen LogP contribution in [0.3, 0.4) is 0 Å². The highest BCUT2D eigenvalue weighted by atomic mass is 16.3. The molecule has 15 heavy (non-hydrogen) atoms. The van der Waals surface area contributed by atoms with Crippen LogP contribution in [0.5, 0.6) is 0 Å². The van der Waals surface area contributed by atoms with Crippen LogP contribution in [0.25, 0.3) is 0 Å². The van der Waals surface area contributed by atoms with Gasteiger partial charge >= 0.3 is 0 Å². The van der Waals surface area contributed by atoms with Crippen LogP contribution in [0.4, 0.5) is 5.69 Å². The van der Waals surface area contributed by atoms with Gasteiger partial charge in [0, 0.05) is 18.8 Å². The zero-order chi connectivity index (χ0) is 11.1. The van der Waals surface area contributed by atoms with Crippen molar-refractivity contribution in [2.24, 2.45) is 0 Å². The van der Waals surface area contributed by atoms with Crippen molar-refractivity contribution in [1.29, 1.82) is 0 Å².